The average Bonchev–Trinajstić information content (AvgIpc) is 3.43. The quantitative estimate of drug-likeness (QED) is 0.437. The zero-order chi connectivity index (χ0) is 22.2. The Hall–Kier alpha value is -4.00. The summed E-state index contributed by atoms with van der Waals surface area (Å²) in [7, 11) is 1.88. The van der Waals surface area contributed by atoms with Crippen LogP contribution in [-0.4, -0.2) is 29.1 Å². The third-order valence-electron chi connectivity index (χ3n) is 5.83. The molecular weight excluding hydrogens is 398 g/mol. The average molecular weight is 424 g/mol. The number of nitrogens with zero attached hydrogens (tertiary/aromatic N) is 5. The largest absolute Gasteiger partial charge is 0.345 e. The lowest BCUT2D eigenvalue weighted by Gasteiger charge is -2.12. The van der Waals surface area contributed by atoms with Crippen molar-refractivity contribution in [2.24, 2.45) is 7.05 Å². The van der Waals surface area contributed by atoms with E-state index in [0.29, 0.717) is 23.9 Å². The van der Waals surface area contributed by atoms with Gasteiger partial charge in [-0.15, -0.1) is 0 Å². The van der Waals surface area contributed by atoms with Crippen molar-refractivity contribution in [3.63, 3.8) is 0 Å². The number of hydrogen-bond acceptors (Lipinski definition) is 4. The van der Waals surface area contributed by atoms with Crippen LogP contribution in [0.3, 0.4) is 0 Å². The van der Waals surface area contributed by atoms with E-state index in [-0.39, 0.29) is 0 Å². The van der Waals surface area contributed by atoms with Gasteiger partial charge in [0.2, 0.25) is 5.62 Å². The van der Waals surface area contributed by atoms with Gasteiger partial charge in [0.15, 0.2) is 11.5 Å². The summed E-state index contributed by atoms with van der Waals surface area (Å²) in [5.41, 5.74) is 6.36. The van der Waals surface area contributed by atoms with Crippen LogP contribution in [-0.2, 0) is 13.6 Å². The lowest BCUT2D eigenvalue weighted by molar-refractivity contribution is 0.691. The van der Waals surface area contributed by atoms with Crippen molar-refractivity contribution >= 4 is 11.2 Å². The van der Waals surface area contributed by atoms with E-state index >= 15 is 0 Å². The fraction of sp³-hybridized carbons (Fsp3) is 0.200. The molecule has 0 atom stereocenters. The van der Waals surface area contributed by atoms with Crippen LogP contribution in [0.5, 0.6) is 0 Å². The Balaban J connectivity index is 1.57. The molecule has 0 aliphatic carbocycles. The summed E-state index contributed by atoms with van der Waals surface area (Å²) >= 11 is 0. The van der Waals surface area contributed by atoms with Gasteiger partial charge in [-0.25, -0.2) is 15.0 Å². The van der Waals surface area contributed by atoms with Crippen LogP contribution in [0.15, 0.2) is 67.1 Å². The Morgan fingerprint density at radius 3 is 2.53 bits per heavy atom. The second kappa shape index (κ2) is 7.92. The molecule has 0 amide bonds. The van der Waals surface area contributed by atoms with E-state index in [0.717, 1.165) is 33.7 Å². The van der Waals surface area contributed by atoms with Gasteiger partial charge in [0.1, 0.15) is 11.3 Å². The van der Waals surface area contributed by atoms with Gasteiger partial charge in [-0.1, -0.05) is 62.4 Å². The van der Waals surface area contributed by atoms with Crippen LogP contribution in [0.4, 0.5) is 0 Å². The van der Waals surface area contributed by atoms with Gasteiger partial charge < -0.3 is 9.55 Å². The van der Waals surface area contributed by atoms with E-state index in [4.69, 9.17) is 10.4 Å². The van der Waals surface area contributed by atoms with E-state index in [9.17, 15) is 0 Å². The molecule has 7 heteroatoms. The minimum absolute atomic E-state index is 0.368. The predicted octanol–water partition coefficient (Wildman–Crippen LogP) is 4.48. The molecule has 5 rings (SSSR count). The maximum Gasteiger partial charge on any atom is 0.204 e. The molecule has 0 saturated carbocycles. The molecule has 5 aromatic rings. The maximum atomic E-state index is 8.66. The molecule has 3 heterocycles. The van der Waals surface area contributed by atoms with Crippen molar-refractivity contribution < 1.29 is 0 Å². The van der Waals surface area contributed by atoms with Crippen LogP contribution in [0.25, 0.3) is 33.9 Å². The Morgan fingerprint density at radius 1 is 1.03 bits per heavy atom. The Bertz CT molecular complexity index is 1440. The van der Waals surface area contributed by atoms with E-state index in [1.165, 1.54) is 5.56 Å². The predicted molar refractivity (Wildman–Crippen MR) is 125 cm³/mol. The first-order valence-electron chi connectivity index (χ1n) is 10.7. The maximum absolute atomic E-state index is 8.66. The molecule has 160 valence electrons. The molecule has 0 aliphatic heterocycles. The number of aromatic amines is 1. The summed E-state index contributed by atoms with van der Waals surface area (Å²) < 4.78 is 3.76. The summed E-state index contributed by atoms with van der Waals surface area (Å²) in [6.07, 6.45) is 5.38. The SMILES string of the molecule is CC(C)c1ccccc1-c1ncc2c(n1)n(Cc1ccc(-c3ncc[nH]3)cc1)c(=N)n2C. The smallest absolute Gasteiger partial charge is 0.204 e. The molecule has 0 radical (unpaired) electrons. The summed E-state index contributed by atoms with van der Waals surface area (Å²) in [6, 6.07) is 16.5. The number of imidazole rings is 2. The van der Waals surface area contributed by atoms with Crippen molar-refractivity contribution in [2.45, 2.75) is 26.3 Å². The number of fused-ring (bicyclic) bond motifs is 1. The number of rotatable bonds is 5. The standard InChI is InChI=1S/C25H25N7/c1-16(2)19-6-4-5-7-20(19)23-29-14-21-24(30-23)32(25(26)31(21)3)15-17-8-10-18(11-9-17)22-27-12-13-28-22/h4-14,16,26H,15H2,1-3H3,(H,27,28). The Kier molecular flexibility index (Phi) is 4.93. The minimum Gasteiger partial charge on any atom is -0.345 e. The molecule has 0 fully saturated rings. The molecule has 0 saturated heterocycles. The lowest BCUT2D eigenvalue weighted by atomic mass is 9.97. The molecule has 0 unspecified atom stereocenters. The molecule has 0 aliphatic rings. The number of nitrogens with one attached hydrogen (secondary N) is 2. The molecule has 7 nitrogen and oxygen atoms in total. The highest BCUT2D eigenvalue weighted by Gasteiger charge is 2.15. The van der Waals surface area contributed by atoms with Crippen LogP contribution in [0.1, 0.15) is 30.9 Å². The van der Waals surface area contributed by atoms with Crippen LogP contribution < -0.4 is 5.62 Å². The number of aromatic nitrogens is 6. The number of aryl methyl sites for hydroxylation is 1. The van der Waals surface area contributed by atoms with Gasteiger partial charge in [0, 0.05) is 30.6 Å². The van der Waals surface area contributed by atoms with Crippen LogP contribution in [0, 0.1) is 5.41 Å². The van der Waals surface area contributed by atoms with Gasteiger partial charge in [0.25, 0.3) is 0 Å². The Labute approximate surface area is 186 Å². The Morgan fingerprint density at radius 2 is 1.81 bits per heavy atom. The van der Waals surface area contributed by atoms with Crippen molar-refractivity contribution in [2.75, 3.05) is 0 Å². The topological polar surface area (TPSA) is 88.2 Å². The monoisotopic (exact) mass is 423 g/mol. The molecule has 2 aromatic carbocycles. The summed E-state index contributed by atoms with van der Waals surface area (Å²) in [4.78, 5) is 17.0. The van der Waals surface area contributed by atoms with Crippen molar-refractivity contribution in [3.05, 3.63) is 83.9 Å². The van der Waals surface area contributed by atoms with Crippen molar-refractivity contribution in [1.29, 1.82) is 5.41 Å². The summed E-state index contributed by atoms with van der Waals surface area (Å²) in [5.74, 6) is 1.90. The van der Waals surface area contributed by atoms with Crippen molar-refractivity contribution in [1.82, 2.24) is 29.1 Å². The lowest BCUT2D eigenvalue weighted by Crippen LogP contribution is -2.23. The third-order valence-corrected chi connectivity index (χ3v) is 5.83. The third kappa shape index (κ3) is 3.41. The highest BCUT2D eigenvalue weighted by Crippen LogP contribution is 2.27. The first-order valence-corrected chi connectivity index (χ1v) is 10.7. The fourth-order valence-electron chi connectivity index (χ4n) is 4.05. The van der Waals surface area contributed by atoms with Crippen LogP contribution in [0.2, 0.25) is 0 Å². The first kappa shape index (κ1) is 19.9. The van der Waals surface area contributed by atoms with Crippen LogP contribution >= 0.6 is 0 Å². The summed E-state index contributed by atoms with van der Waals surface area (Å²) in [5, 5.41) is 8.66. The van der Waals surface area contributed by atoms with Crippen molar-refractivity contribution in [3.8, 4) is 22.8 Å². The van der Waals surface area contributed by atoms with Gasteiger partial charge in [-0.2, -0.15) is 0 Å². The number of H-pyrrole nitrogens is 1. The second-order valence-electron chi connectivity index (χ2n) is 8.25. The van der Waals surface area contributed by atoms with E-state index < -0.39 is 0 Å². The molecule has 32 heavy (non-hydrogen) atoms. The number of hydrogen-bond donors (Lipinski definition) is 2. The highest BCUT2D eigenvalue weighted by atomic mass is 15.2. The van der Waals surface area contributed by atoms with E-state index in [2.05, 4.69) is 53.1 Å². The van der Waals surface area contributed by atoms with E-state index in [1.807, 2.05) is 52.8 Å². The molecular formula is C25H25N7. The zero-order valence-electron chi connectivity index (χ0n) is 18.4. The molecule has 3 aromatic heterocycles. The minimum atomic E-state index is 0.368. The molecule has 2 N–H and O–H groups in total. The number of benzene rings is 2. The second-order valence-corrected chi connectivity index (χ2v) is 8.25. The fourth-order valence-corrected chi connectivity index (χ4v) is 4.05. The van der Waals surface area contributed by atoms with Gasteiger partial charge in [-0.05, 0) is 17.0 Å². The zero-order valence-corrected chi connectivity index (χ0v) is 18.4. The first-order chi connectivity index (χ1) is 15.5. The summed E-state index contributed by atoms with van der Waals surface area (Å²) in [6.45, 7) is 4.90. The van der Waals surface area contributed by atoms with Gasteiger partial charge in [-0.3, -0.25) is 9.98 Å². The highest BCUT2D eigenvalue weighted by molar-refractivity contribution is 5.74. The molecule has 0 spiro atoms. The normalized spacial score (nSPS) is 11.5. The van der Waals surface area contributed by atoms with Gasteiger partial charge >= 0.3 is 0 Å². The van der Waals surface area contributed by atoms with E-state index in [1.54, 1.807) is 6.20 Å². The van der Waals surface area contributed by atoms with Gasteiger partial charge in [0.05, 0.1) is 12.7 Å². The molecule has 0 bridgehead atoms.